The van der Waals surface area contributed by atoms with Gasteiger partial charge in [-0.2, -0.15) is 0 Å². The Morgan fingerprint density at radius 3 is 2.28 bits per heavy atom. The van der Waals surface area contributed by atoms with E-state index >= 15 is 0 Å². The summed E-state index contributed by atoms with van der Waals surface area (Å²) < 4.78 is 1.49. The highest BCUT2D eigenvalue weighted by Crippen LogP contribution is 2.30. The average Bonchev–Trinajstić information content (AvgIpc) is 2.82. The molecule has 1 unspecified atom stereocenters. The molecule has 0 bridgehead atoms. The number of carbonyl (C=O) groups excluding carboxylic acids is 1. The summed E-state index contributed by atoms with van der Waals surface area (Å²) in [7, 11) is 0. The van der Waals surface area contributed by atoms with Gasteiger partial charge >= 0.3 is 5.97 Å². The quantitative estimate of drug-likeness (QED) is 0.388. The van der Waals surface area contributed by atoms with Crippen LogP contribution >= 0.6 is 0 Å². The predicted molar refractivity (Wildman–Crippen MR) is 143 cm³/mol. The molecule has 0 aliphatic carbocycles. The Bertz CT molecular complexity index is 1270. The Balaban J connectivity index is 2.00. The summed E-state index contributed by atoms with van der Waals surface area (Å²) in [6.07, 6.45) is 2.41. The zero-order valence-electron chi connectivity index (χ0n) is 21.7. The highest BCUT2D eigenvalue weighted by molar-refractivity contribution is 5.82. The van der Waals surface area contributed by atoms with Crippen LogP contribution in [0.3, 0.4) is 0 Å². The third kappa shape index (κ3) is 6.30. The van der Waals surface area contributed by atoms with E-state index in [1.54, 1.807) is 18.3 Å². The Kier molecular flexibility index (Phi) is 8.86. The van der Waals surface area contributed by atoms with E-state index in [1.165, 1.54) is 4.57 Å². The fourth-order valence-electron chi connectivity index (χ4n) is 4.74. The van der Waals surface area contributed by atoms with Crippen molar-refractivity contribution in [1.29, 1.82) is 0 Å². The van der Waals surface area contributed by atoms with Gasteiger partial charge in [0.2, 0.25) is 5.91 Å². The molecular formula is C30H36N2O4. The van der Waals surface area contributed by atoms with Crippen molar-refractivity contribution < 1.29 is 14.7 Å². The van der Waals surface area contributed by atoms with Crippen LogP contribution in [0.4, 0.5) is 0 Å². The maximum atomic E-state index is 13.6. The van der Waals surface area contributed by atoms with E-state index in [-0.39, 0.29) is 23.8 Å². The molecule has 2 aromatic carbocycles. The van der Waals surface area contributed by atoms with Crippen molar-refractivity contribution in [1.82, 2.24) is 9.88 Å². The molecule has 0 spiro atoms. The number of aryl methyl sites for hydroxylation is 3. The van der Waals surface area contributed by atoms with Crippen LogP contribution in [0.1, 0.15) is 68.0 Å². The lowest BCUT2D eigenvalue weighted by Crippen LogP contribution is -2.40. The molecule has 0 saturated heterocycles. The van der Waals surface area contributed by atoms with Gasteiger partial charge in [-0.05, 0) is 72.6 Å². The van der Waals surface area contributed by atoms with Gasteiger partial charge in [0.25, 0.3) is 5.56 Å². The lowest BCUT2D eigenvalue weighted by molar-refractivity contribution is -0.138. The minimum Gasteiger partial charge on any atom is -0.481 e. The van der Waals surface area contributed by atoms with Gasteiger partial charge in [-0.25, -0.2) is 0 Å². The van der Waals surface area contributed by atoms with Crippen molar-refractivity contribution in [3.8, 4) is 11.1 Å². The topological polar surface area (TPSA) is 88.4 Å². The van der Waals surface area contributed by atoms with Gasteiger partial charge in [0.1, 0.15) is 6.04 Å². The number of benzene rings is 2. The van der Waals surface area contributed by atoms with Crippen molar-refractivity contribution in [3.63, 3.8) is 0 Å². The number of nitrogens with one attached hydrogen (secondary N) is 1. The molecule has 1 aromatic heterocycles. The highest BCUT2D eigenvalue weighted by atomic mass is 16.4. The molecule has 190 valence electrons. The highest BCUT2D eigenvalue weighted by Gasteiger charge is 2.27. The standard InChI is InChI=1S/C30H36N2O4/c1-6-22-14-9-15-32(30(22)36)26(16-19(2)3)29(35)31-25(18-27(33)34)23-12-8-13-24(17-23)28-20(4)10-7-11-21(28)5/h7-15,17,19,25-26H,6,16,18H2,1-5H3,(H,31,35)(H,33,34)/t25-,26?/m0/s1. The van der Waals surface area contributed by atoms with Gasteiger partial charge in [-0.1, -0.05) is 63.2 Å². The molecule has 2 atom stereocenters. The van der Waals surface area contributed by atoms with Crippen molar-refractivity contribution in [3.05, 3.63) is 93.4 Å². The molecule has 2 N–H and O–H groups in total. The van der Waals surface area contributed by atoms with Crippen LogP contribution in [0.2, 0.25) is 0 Å². The van der Waals surface area contributed by atoms with E-state index < -0.39 is 18.1 Å². The van der Waals surface area contributed by atoms with Crippen LogP contribution in [-0.4, -0.2) is 21.6 Å². The number of amides is 1. The molecule has 1 amide bonds. The van der Waals surface area contributed by atoms with Crippen LogP contribution in [0.25, 0.3) is 11.1 Å². The summed E-state index contributed by atoms with van der Waals surface area (Å²) >= 11 is 0. The lowest BCUT2D eigenvalue weighted by Gasteiger charge is -2.25. The summed E-state index contributed by atoms with van der Waals surface area (Å²) in [5.41, 5.74) is 5.48. The van der Waals surface area contributed by atoms with Crippen LogP contribution in [0.5, 0.6) is 0 Å². The van der Waals surface area contributed by atoms with Crippen molar-refractivity contribution in [2.45, 2.75) is 66.0 Å². The molecule has 36 heavy (non-hydrogen) atoms. The number of hydrogen-bond acceptors (Lipinski definition) is 3. The maximum absolute atomic E-state index is 13.6. The minimum absolute atomic E-state index is 0.156. The maximum Gasteiger partial charge on any atom is 0.305 e. The molecule has 0 fully saturated rings. The first kappa shape index (κ1) is 26.9. The first-order chi connectivity index (χ1) is 17.1. The molecule has 0 saturated carbocycles. The number of pyridine rings is 1. The number of rotatable bonds is 10. The first-order valence-corrected chi connectivity index (χ1v) is 12.5. The molecule has 6 heteroatoms. The van der Waals surface area contributed by atoms with E-state index in [0.717, 1.165) is 22.3 Å². The zero-order valence-corrected chi connectivity index (χ0v) is 21.7. The van der Waals surface area contributed by atoms with Crippen LogP contribution < -0.4 is 10.9 Å². The van der Waals surface area contributed by atoms with Crippen LogP contribution in [0.15, 0.2) is 65.6 Å². The molecule has 0 aliphatic rings. The second-order valence-corrected chi connectivity index (χ2v) is 9.80. The Morgan fingerprint density at radius 1 is 1.00 bits per heavy atom. The number of aromatic nitrogens is 1. The molecule has 3 rings (SSSR count). The minimum atomic E-state index is -1.01. The molecule has 0 aliphatic heterocycles. The summed E-state index contributed by atoms with van der Waals surface area (Å²) in [5, 5.41) is 12.6. The smallest absolute Gasteiger partial charge is 0.305 e. The molecule has 3 aromatic rings. The second kappa shape index (κ2) is 11.8. The van der Waals surface area contributed by atoms with E-state index in [2.05, 4.69) is 5.32 Å². The number of hydrogen-bond donors (Lipinski definition) is 2. The Hall–Kier alpha value is -3.67. The number of carbonyl (C=O) groups is 2. The molecule has 0 radical (unpaired) electrons. The van der Waals surface area contributed by atoms with Gasteiger partial charge in [0.15, 0.2) is 0 Å². The lowest BCUT2D eigenvalue weighted by atomic mass is 9.92. The first-order valence-electron chi connectivity index (χ1n) is 12.5. The van der Waals surface area contributed by atoms with Crippen molar-refractivity contribution in [2.75, 3.05) is 0 Å². The average molecular weight is 489 g/mol. The third-order valence-electron chi connectivity index (χ3n) is 6.52. The van der Waals surface area contributed by atoms with E-state index in [0.29, 0.717) is 24.0 Å². The Morgan fingerprint density at radius 2 is 1.67 bits per heavy atom. The van der Waals surface area contributed by atoms with Gasteiger partial charge in [-0.15, -0.1) is 0 Å². The van der Waals surface area contributed by atoms with Crippen LogP contribution in [-0.2, 0) is 16.0 Å². The summed E-state index contributed by atoms with van der Waals surface area (Å²) in [6.45, 7) is 9.99. The fraction of sp³-hybridized carbons (Fsp3) is 0.367. The van der Waals surface area contributed by atoms with Gasteiger partial charge < -0.3 is 15.0 Å². The number of nitrogens with zero attached hydrogens (tertiary/aromatic N) is 1. The predicted octanol–water partition coefficient (Wildman–Crippen LogP) is 5.61. The second-order valence-electron chi connectivity index (χ2n) is 9.80. The van der Waals surface area contributed by atoms with Gasteiger partial charge in [-0.3, -0.25) is 14.4 Å². The third-order valence-corrected chi connectivity index (χ3v) is 6.52. The van der Waals surface area contributed by atoms with Crippen molar-refractivity contribution >= 4 is 11.9 Å². The van der Waals surface area contributed by atoms with E-state index in [9.17, 15) is 19.5 Å². The normalized spacial score (nSPS) is 12.8. The number of carboxylic acids is 1. The molecule has 6 nitrogen and oxygen atoms in total. The summed E-state index contributed by atoms with van der Waals surface area (Å²) in [5.74, 6) is -1.21. The fourth-order valence-corrected chi connectivity index (χ4v) is 4.74. The zero-order chi connectivity index (χ0) is 26.4. The van der Waals surface area contributed by atoms with Gasteiger partial charge in [0.05, 0.1) is 12.5 Å². The van der Waals surface area contributed by atoms with E-state index in [4.69, 9.17) is 0 Å². The number of carboxylic acid groups (broad SMARTS) is 1. The van der Waals surface area contributed by atoms with Crippen molar-refractivity contribution in [2.24, 2.45) is 5.92 Å². The SMILES string of the molecule is CCc1cccn(C(CC(C)C)C(=O)N[C@@H](CC(=O)O)c2cccc(-c3c(C)cccc3C)c2)c1=O. The monoisotopic (exact) mass is 488 g/mol. The largest absolute Gasteiger partial charge is 0.481 e. The van der Waals surface area contributed by atoms with Crippen LogP contribution in [0, 0.1) is 19.8 Å². The van der Waals surface area contributed by atoms with Gasteiger partial charge in [0, 0.05) is 11.8 Å². The molecular weight excluding hydrogens is 452 g/mol. The number of aliphatic carboxylic acids is 1. The van der Waals surface area contributed by atoms with E-state index in [1.807, 2.05) is 77.1 Å². The Labute approximate surface area is 213 Å². The summed E-state index contributed by atoms with van der Waals surface area (Å²) in [6, 6.07) is 15.9. The summed E-state index contributed by atoms with van der Waals surface area (Å²) in [4.78, 5) is 38.4. The molecule has 1 heterocycles.